The second-order valence-electron chi connectivity index (χ2n) is 6.36. The van der Waals surface area contributed by atoms with Crippen LogP contribution in [-0.2, 0) is 15.7 Å². The largest absolute Gasteiger partial charge is 0.416 e. The highest BCUT2D eigenvalue weighted by Gasteiger charge is 2.49. The Bertz CT molecular complexity index is 619. The molecular weight excluding hydrogens is 323 g/mol. The number of likely N-dealkylation sites (tertiary alicyclic amines) is 1. The lowest BCUT2D eigenvalue weighted by Crippen LogP contribution is -2.34. The summed E-state index contributed by atoms with van der Waals surface area (Å²) in [4.78, 5) is 14.1. The number of halogens is 3. The fourth-order valence-corrected chi connectivity index (χ4v) is 3.34. The SMILES string of the molecule is CCOC1CC1C(=O)N1CC(O)CC1c1cccc(C(F)(F)F)c1. The first-order valence-corrected chi connectivity index (χ1v) is 8.08. The highest BCUT2D eigenvalue weighted by Crippen LogP contribution is 2.41. The van der Waals surface area contributed by atoms with Crippen LogP contribution in [0.5, 0.6) is 0 Å². The molecule has 4 unspecified atom stereocenters. The van der Waals surface area contributed by atoms with Crippen LogP contribution < -0.4 is 0 Å². The summed E-state index contributed by atoms with van der Waals surface area (Å²) in [5.41, 5.74) is -0.337. The molecule has 0 spiro atoms. The van der Waals surface area contributed by atoms with Crippen LogP contribution in [0.1, 0.15) is 36.9 Å². The number of hydrogen-bond acceptors (Lipinski definition) is 3. The molecule has 132 valence electrons. The number of amides is 1. The molecule has 3 rings (SSSR count). The van der Waals surface area contributed by atoms with Crippen molar-refractivity contribution in [3.8, 4) is 0 Å². The third-order valence-corrected chi connectivity index (χ3v) is 4.59. The molecule has 1 heterocycles. The lowest BCUT2D eigenvalue weighted by atomic mass is 10.0. The second-order valence-corrected chi connectivity index (χ2v) is 6.36. The summed E-state index contributed by atoms with van der Waals surface area (Å²) in [5.74, 6) is -0.393. The number of rotatable bonds is 4. The quantitative estimate of drug-likeness (QED) is 0.915. The van der Waals surface area contributed by atoms with E-state index in [0.29, 0.717) is 18.6 Å². The van der Waals surface area contributed by atoms with Crippen LogP contribution in [0, 0.1) is 5.92 Å². The van der Waals surface area contributed by atoms with E-state index in [-0.39, 0.29) is 30.9 Å². The molecule has 0 radical (unpaired) electrons. The molecule has 1 N–H and O–H groups in total. The van der Waals surface area contributed by atoms with Crippen LogP contribution in [0.15, 0.2) is 24.3 Å². The summed E-state index contributed by atoms with van der Waals surface area (Å²) in [6, 6.07) is 4.46. The van der Waals surface area contributed by atoms with E-state index < -0.39 is 23.9 Å². The van der Waals surface area contributed by atoms with E-state index in [0.717, 1.165) is 12.1 Å². The van der Waals surface area contributed by atoms with Crippen molar-refractivity contribution in [1.82, 2.24) is 4.90 Å². The van der Waals surface area contributed by atoms with Crippen LogP contribution in [0.25, 0.3) is 0 Å². The molecule has 1 aliphatic carbocycles. The molecule has 0 bridgehead atoms. The summed E-state index contributed by atoms with van der Waals surface area (Å²) in [6.45, 7) is 2.52. The summed E-state index contributed by atoms with van der Waals surface area (Å²) in [7, 11) is 0. The van der Waals surface area contributed by atoms with Gasteiger partial charge in [0, 0.05) is 13.2 Å². The van der Waals surface area contributed by atoms with Gasteiger partial charge in [0.05, 0.1) is 29.7 Å². The Hall–Kier alpha value is -1.60. The highest BCUT2D eigenvalue weighted by molar-refractivity contribution is 5.83. The lowest BCUT2D eigenvalue weighted by molar-refractivity contribution is -0.137. The van der Waals surface area contributed by atoms with Crippen molar-refractivity contribution >= 4 is 5.91 Å². The zero-order valence-corrected chi connectivity index (χ0v) is 13.3. The third-order valence-electron chi connectivity index (χ3n) is 4.59. The average Bonchev–Trinajstić information content (AvgIpc) is 3.18. The molecule has 0 aromatic heterocycles. The van der Waals surface area contributed by atoms with Crippen molar-refractivity contribution < 1.29 is 27.8 Å². The Balaban J connectivity index is 1.80. The molecule has 2 fully saturated rings. The minimum atomic E-state index is -4.43. The maximum absolute atomic E-state index is 12.9. The fraction of sp³-hybridized carbons (Fsp3) is 0.588. The Kier molecular flexibility index (Phi) is 4.57. The first-order valence-electron chi connectivity index (χ1n) is 8.08. The van der Waals surface area contributed by atoms with Gasteiger partial charge in [0.1, 0.15) is 0 Å². The fourth-order valence-electron chi connectivity index (χ4n) is 3.34. The predicted octanol–water partition coefficient (Wildman–Crippen LogP) is 2.76. The molecule has 7 heteroatoms. The van der Waals surface area contributed by atoms with E-state index in [1.54, 1.807) is 6.07 Å². The highest BCUT2D eigenvalue weighted by atomic mass is 19.4. The van der Waals surface area contributed by atoms with Gasteiger partial charge in [0.15, 0.2) is 0 Å². The minimum Gasteiger partial charge on any atom is -0.391 e. The number of carbonyl (C=O) groups excluding carboxylic acids is 1. The molecule has 24 heavy (non-hydrogen) atoms. The predicted molar refractivity (Wildman–Crippen MR) is 80.0 cm³/mol. The number of aliphatic hydroxyl groups is 1. The van der Waals surface area contributed by atoms with Gasteiger partial charge in [0.2, 0.25) is 5.91 Å². The number of aliphatic hydroxyl groups excluding tert-OH is 1. The molecule has 4 nitrogen and oxygen atoms in total. The Labute approximate surface area is 138 Å². The van der Waals surface area contributed by atoms with Crippen LogP contribution in [0.2, 0.25) is 0 Å². The number of hydrogen-bond donors (Lipinski definition) is 1. The standard InChI is InChI=1S/C17H20F3NO3/c1-2-24-15-8-13(15)16(23)21-9-12(22)7-14(21)10-4-3-5-11(6-10)17(18,19)20/h3-6,12-15,22H,2,7-9H2,1H3. The van der Waals surface area contributed by atoms with Crippen molar-refractivity contribution in [2.24, 2.45) is 5.92 Å². The summed E-state index contributed by atoms with van der Waals surface area (Å²) >= 11 is 0. The van der Waals surface area contributed by atoms with Gasteiger partial charge < -0.3 is 14.7 Å². The van der Waals surface area contributed by atoms with Gasteiger partial charge in [-0.1, -0.05) is 12.1 Å². The van der Waals surface area contributed by atoms with Crippen molar-refractivity contribution in [3.05, 3.63) is 35.4 Å². The summed E-state index contributed by atoms with van der Waals surface area (Å²) in [6.07, 6.45) is -4.38. The Morgan fingerprint density at radius 3 is 2.79 bits per heavy atom. The molecule has 1 amide bonds. The maximum Gasteiger partial charge on any atom is 0.416 e. The number of carbonyl (C=O) groups is 1. The first-order chi connectivity index (χ1) is 11.3. The van der Waals surface area contributed by atoms with E-state index in [4.69, 9.17) is 4.74 Å². The normalized spacial score (nSPS) is 29.8. The van der Waals surface area contributed by atoms with Gasteiger partial charge in [-0.05, 0) is 37.5 Å². The molecule has 2 aliphatic rings. The molecule has 4 atom stereocenters. The smallest absolute Gasteiger partial charge is 0.391 e. The third kappa shape index (κ3) is 3.42. The molecule has 1 saturated heterocycles. The molecular formula is C17H20F3NO3. The van der Waals surface area contributed by atoms with Gasteiger partial charge in [-0.2, -0.15) is 13.2 Å². The van der Waals surface area contributed by atoms with Gasteiger partial charge in [-0.3, -0.25) is 4.79 Å². The lowest BCUT2D eigenvalue weighted by Gasteiger charge is -2.25. The number of ether oxygens (including phenoxy) is 1. The topological polar surface area (TPSA) is 49.8 Å². The average molecular weight is 343 g/mol. The first kappa shape index (κ1) is 17.2. The van der Waals surface area contributed by atoms with Crippen LogP contribution in [0.4, 0.5) is 13.2 Å². The van der Waals surface area contributed by atoms with Crippen LogP contribution >= 0.6 is 0 Å². The van der Waals surface area contributed by atoms with Crippen molar-refractivity contribution in [3.63, 3.8) is 0 Å². The number of alkyl halides is 3. The van der Waals surface area contributed by atoms with E-state index in [2.05, 4.69) is 0 Å². The second kappa shape index (κ2) is 6.37. The summed E-state index contributed by atoms with van der Waals surface area (Å²) in [5, 5.41) is 9.93. The molecule has 1 aromatic rings. The van der Waals surface area contributed by atoms with Crippen molar-refractivity contribution in [2.45, 2.75) is 44.2 Å². The zero-order chi connectivity index (χ0) is 17.5. The number of benzene rings is 1. The summed E-state index contributed by atoms with van der Waals surface area (Å²) < 4.78 is 44.2. The van der Waals surface area contributed by atoms with Gasteiger partial charge >= 0.3 is 6.18 Å². The van der Waals surface area contributed by atoms with Crippen molar-refractivity contribution in [2.75, 3.05) is 13.2 Å². The maximum atomic E-state index is 12.9. The van der Waals surface area contributed by atoms with Gasteiger partial charge in [0.25, 0.3) is 0 Å². The molecule has 1 aromatic carbocycles. The molecule has 1 saturated carbocycles. The van der Waals surface area contributed by atoms with Crippen LogP contribution in [-0.4, -0.2) is 41.3 Å². The van der Waals surface area contributed by atoms with Crippen LogP contribution in [0.3, 0.4) is 0 Å². The van der Waals surface area contributed by atoms with Gasteiger partial charge in [-0.15, -0.1) is 0 Å². The number of β-amino-alcohol motifs (C(OH)–C–C–N with tert-alkyl or cyclic N) is 1. The monoisotopic (exact) mass is 343 g/mol. The van der Waals surface area contributed by atoms with Gasteiger partial charge in [-0.25, -0.2) is 0 Å². The molecule has 1 aliphatic heterocycles. The Morgan fingerprint density at radius 2 is 2.12 bits per heavy atom. The van der Waals surface area contributed by atoms with E-state index in [9.17, 15) is 23.1 Å². The zero-order valence-electron chi connectivity index (χ0n) is 13.3. The van der Waals surface area contributed by atoms with E-state index in [1.165, 1.54) is 11.0 Å². The Morgan fingerprint density at radius 1 is 1.38 bits per heavy atom. The van der Waals surface area contributed by atoms with E-state index >= 15 is 0 Å². The van der Waals surface area contributed by atoms with E-state index in [1.807, 2.05) is 6.92 Å². The van der Waals surface area contributed by atoms with Crippen molar-refractivity contribution in [1.29, 1.82) is 0 Å². The number of nitrogens with zero attached hydrogens (tertiary/aromatic N) is 1. The minimum absolute atomic E-state index is 0.109.